The van der Waals surface area contributed by atoms with Gasteiger partial charge in [0.25, 0.3) is 0 Å². The Hall–Kier alpha value is -1.94. The van der Waals surface area contributed by atoms with Crippen LogP contribution < -0.4 is 0 Å². The van der Waals surface area contributed by atoms with Gasteiger partial charge in [-0.2, -0.15) is 0 Å². The van der Waals surface area contributed by atoms with Crippen LogP contribution in [-0.2, 0) is 65.4 Å². The maximum atomic E-state index is 13.0. The van der Waals surface area contributed by atoms with Gasteiger partial charge in [0.15, 0.2) is 12.2 Å². The van der Waals surface area contributed by atoms with Crippen molar-refractivity contribution in [1.29, 1.82) is 0 Å². The van der Waals surface area contributed by atoms with Gasteiger partial charge < -0.3 is 33.8 Å². The molecule has 0 aliphatic rings. The van der Waals surface area contributed by atoms with Gasteiger partial charge in [0, 0.05) is 25.7 Å². The first-order chi connectivity index (χ1) is 42.7. The molecule has 89 heavy (non-hydrogen) atoms. The van der Waals surface area contributed by atoms with E-state index in [0.717, 1.165) is 108 Å². The third kappa shape index (κ3) is 64.6. The monoisotopic (exact) mass is 1310 g/mol. The molecule has 0 radical (unpaired) electrons. The molecule has 0 spiro atoms. The third-order valence-electron chi connectivity index (χ3n) is 16.1. The number of phosphoric acid groups is 2. The molecule has 0 aromatic heterocycles. The zero-order valence-corrected chi connectivity index (χ0v) is 59.7. The number of hydrogen-bond acceptors (Lipinski definition) is 15. The SMILES string of the molecule is CCCCCCCCCCCCC(=O)O[C@H](COC(=O)CCCCCCCCC(C)C)COP(=O)(O)OC[C@H](O)COP(=O)(O)OC[C@@H](COC(=O)CCCCCCCCCCC(C)C)OC(=O)CCCCCCCCCCCCCCCCCCC(C)C. The minimum absolute atomic E-state index is 0.105. The van der Waals surface area contributed by atoms with Crippen molar-refractivity contribution in [3.63, 3.8) is 0 Å². The van der Waals surface area contributed by atoms with Crippen molar-refractivity contribution in [2.75, 3.05) is 39.6 Å². The van der Waals surface area contributed by atoms with Crippen molar-refractivity contribution in [3.05, 3.63) is 0 Å². The van der Waals surface area contributed by atoms with Crippen LogP contribution in [0.4, 0.5) is 0 Å². The molecular formula is C70H136O17P2. The Labute approximate surface area is 543 Å². The van der Waals surface area contributed by atoms with Crippen molar-refractivity contribution >= 4 is 39.5 Å². The number of esters is 4. The Morgan fingerprint density at radius 3 is 0.764 bits per heavy atom. The van der Waals surface area contributed by atoms with E-state index < -0.39 is 97.5 Å². The van der Waals surface area contributed by atoms with E-state index in [4.69, 9.17) is 37.0 Å². The van der Waals surface area contributed by atoms with E-state index in [9.17, 15) is 43.2 Å². The summed E-state index contributed by atoms with van der Waals surface area (Å²) in [6, 6.07) is 0. The lowest BCUT2D eigenvalue weighted by Gasteiger charge is -2.21. The number of carbonyl (C=O) groups is 4. The lowest BCUT2D eigenvalue weighted by molar-refractivity contribution is -0.161. The van der Waals surface area contributed by atoms with Gasteiger partial charge in [0.1, 0.15) is 19.3 Å². The van der Waals surface area contributed by atoms with Gasteiger partial charge in [-0.1, -0.05) is 299 Å². The van der Waals surface area contributed by atoms with Crippen LogP contribution in [0.2, 0.25) is 0 Å². The molecule has 17 nitrogen and oxygen atoms in total. The van der Waals surface area contributed by atoms with Crippen LogP contribution in [0.25, 0.3) is 0 Å². The Bertz CT molecular complexity index is 1750. The third-order valence-corrected chi connectivity index (χ3v) is 18.0. The number of rotatable bonds is 68. The van der Waals surface area contributed by atoms with E-state index >= 15 is 0 Å². The van der Waals surface area contributed by atoms with Crippen molar-refractivity contribution in [3.8, 4) is 0 Å². The second-order valence-corrected chi connectivity index (χ2v) is 29.6. The number of aliphatic hydroxyl groups is 1. The fourth-order valence-corrected chi connectivity index (χ4v) is 12.1. The van der Waals surface area contributed by atoms with Crippen LogP contribution in [-0.4, -0.2) is 96.7 Å². The summed E-state index contributed by atoms with van der Waals surface area (Å²) in [6.45, 7) is 11.7. The van der Waals surface area contributed by atoms with Crippen LogP contribution in [0, 0.1) is 17.8 Å². The Kier molecular flexibility index (Phi) is 59.6. The summed E-state index contributed by atoms with van der Waals surface area (Å²) in [6.07, 6.45) is 44.7. The second kappa shape index (κ2) is 61.0. The highest BCUT2D eigenvalue weighted by Crippen LogP contribution is 2.45. The van der Waals surface area contributed by atoms with E-state index in [2.05, 4.69) is 48.5 Å². The summed E-state index contributed by atoms with van der Waals surface area (Å²) in [5.74, 6) is 0.0859. The molecule has 0 bridgehead atoms. The molecule has 528 valence electrons. The fourth-order valence-electron chi connectivity index (χ4n) is 10.5. The van der Waals surface area contributed by atoms with E-state index in [0.29, 0.717) is 31.6 Å². The summed E-state index contributed by atoms with van der Waals surface area (Å²) >= 11 is 0. The number of carbonyl (C=O) groups excluding carboxylic acids is 4. The largest absolute Gasteiger partial charge is 0.472 e. The maximum Gasteiger partial charge on any atom is 0.472 e. The van der Waals surface area contributed by atoms with Crippen LogP contribution in [0.3, 0.4) is 0 Å². The van der Waals surface area contributed by atoms with Gasteiger partial charge >= 0.3 is 39.5 Å². The molecule has 3 N–H and O–H groups in total. The standard InChI is InChI=1S/C70H136O17P2/c1-8-9-10-11-12-13-23-30-39-46-53-69(74)87-66(58-81-68(73)52-45-38-33-32-36-43-50-63(6)7)60-85-89(78,79)83-56-64(71)55-82-88(76,77)84-59-65(57-80-67(72)51-44-37-29-26-25-28-35-42-49-62(4)5)86-70(75)54-47-40-31-24-21-19-17-15-14-16-18-20-22-27-34-41-48-61(2)3/h61-66,71H,8-60H2,1-7H3,(H,76,77)(H,78,79)/t64-,65-,66-/m1/s1. The number of ether oxygens (including phenoxy) is 4. The molecule has 0 aromatic carbocycles. The predicted octanol–water partition coefficient (Wildman–Crippen LogP) is 19.8. The number of phosphoric ester groups is 2. The van der Waals surface area contributed by atoms with Gasteiger partial charge in [0.2, 0.25) is 0 Å². The summed E-state index contributed by atoms with van der Waals surface area (Å²) in [5, 5.41) is 10.6. The summed E-state index contributed by atoms with van der Waals surface area (Å²) in [4.78, 5) is 72.4. The molecule has 0 aliphatic heterocycles. The Balaban J connectivity index is 5.19. The number of aliphatic hydroxyl groups excluding tert-OH is 1. The number of hydrogen-bond donors (Lipinski definition) is 3. The second-order valence-electron chi connectivity index (χ2n) is 26.7. The van der Waals surface area contributed by atoms with E-state index in [1.165, 1.54) is 154 Å². The lowest BCUT2D eigenvalue weighted by atomic mass is 10.0. The molecule has 19 heteroatoms. The molecule has 2 unspecified atom stereocenters. The van der Waals surface area contributed by atoms with Crippen LogP contribution in [0.5, 0.6) is 0 Å². The van der Waals surface area contributed by atoms with Gasteiger partial charge in [0.05, 0.1) is 26.4 Å². The van der Waals surface area contributed by atoms with Gasteiger partial charge in [-0.15, -0.1) is 0 Å². The summed E-state index contributed by atoms with van der Waals surface area (Å²) in [7, 11) is -9.90. The van der Waals surface area contributed by atoms with Gasteiger partial charge in [-0.3, -0.25) is 37.3 Å². The molecular weight excluding hydrogens is 1170 g/mol. The van der Waals surface area contributed by atoms with E-state index in [-0.39, 0.29) is 25.7 Å². The zero-order chi connectivity index (χ0) is 65.9. The van der Waals surface area contributed by atoms with E-state index in [1.54, 1.807) is 0 Å². The van der Waals surface area contributed by atoms with Gasteiger partial charge in [-0.25, -0.2) is 9.13 Å². The quantitative estimate of drug-likeness (QED) is 0.0222. The minimum atomic E-state index is -4.95. The zero-order valence-electron chi connectivity index (χ0n) is 57.9. The Morgan fingerprint density at radius 1 is 0.303 bits per heavy atom. The van der Waals surface area contributed by atoms with Crippen LogP contribution in [0.15, 0.2) is 0 Å². The number of unbranched alkanes of at least 4 members (excludes halogenated alkanes) is 36. The molecule has 0 rings (SSSR count). The topological polar surface area (TPSA) is 237 Å². The summed E-state index contributed by atoms with van der Waals surface area (Å²) < 4.78 is 68.2. The maximum absolute atomic E-state index is 13.0. The minimum Gasteiger partial charge on any atom is -0.462 e. The highest BCUT2D eigenvalue weighted by atomic mass is 31.2. The molecule has 0 saturated heterocycles. The molecule has 0 amide bonds. The van der Waals surface area contributed by atoms with Crippen molar-refractivity contribution in [2.45, 2.75) is 369 Å². The first-order valence-corrected chi connectivity index (χ1v) is 39.3. The smallest absolute Gasteiger partial charge is 0.462 e. The predicted molar refractivity (Wildman–Crippen MR) is 358 cm³/mol. The highest BCUT2D eigenvalue weighted by Gasteiger charge is 2.30. The molecule has 0 fully saturated rings. The average Bonchev–Trinajstić information content (AvgIpc) is 3.67. The molecule has 0 aromatic rings. The molecule has 0 saturated carbocycles. The van der Waals surface area contributed by atoms with Crippen LogP contribution in [0.1, 0.15) is 350 Å². The average molecular weight is 1310 g/mol. The van der Waals surface area contributed by atoms with Crippen LogP contribution >= 0.6 is 15.6 Å². The lowest BCUT2D eigenvalue weighted by Crippen LogP contribution is -2.30. The summed E-state index contributed by atoms with van der Waals surface area (Å²) in [5.41, 5.74) is 0. The highest BCUT2D eigenvalue weighted by molar-refractivity contribution is 7.47. The van der Waals surface area contributed by atoms with Crippen molar-refractivity contribution in [2.24, 2.45) is 17.8 Å². The first-order valence-electron chi connectivity index (χ1n) is 36.3. The normalized spacial score (nSPS) is 14.2. The molecule has 5 atom stereocenters. The fraction of sp³-hybridized carbons (Fsp3) is 0.943. The van der Waals surface area contributed by atoms with Gasteiger partial charge in [-0.05, 0) is 43.4 Å². The van der Waals surface area contributed by atoms with E-state index in [1.807, 2.05) is 0 Å². The van der Waals surface area contributed by atoms with Crippen molar-refractivity contribution < 1.29 is 80.2 Å². The first kappa shape index (κ1) is 87.1. The molecule has 0 heterocycles. The van der Waals surface area contributed by atoms with Crippen molar-refractivity contribution in [1.82, 2.24) is 0 Å². The Morgan fingerprint density at radius 2 is 0.517 bits per heavy atom. The molecule has 0 aliphatic carbocycles.